The second kappa shape index (κ2) is 11.7. The van der Waals surface area contributed by atoms with Crippen LogP contribution in [0.3, 0.4) is 0 Å². The first kappa shape index (κ1) is 23.1. The largest absolute Gasteiger partial charge is 0.394 e. The van der Waals surface area contributed by atoms with Crippen molar-refractivity contribution in [2.75, 3.05) is 6.61 Å². The van der Waals surface area contributed by atoms with Crippen molar-refractivity contribution in [3.63, 3.8) is 0 Å². The third-order valence-corrected chi connectivity index (χ3v) is 5.74. The molecule has 3 rings (SSSR count). The molecule has 0 saturated carbocycles. The van der Waals surface area contributed by atoms with Crippen LogP contribution in [-0.2, 0) is 17.6 Å². The number of benzene rings is 2. The molecule has 2 aromatic carbocycles. The quantitative estimate of drug-likeness (QED) is 0.392. The number of hydrogen-bond donors (Lipinski definition) is 2. The maximum Gasteiger partial charge on any atom is 0.137 e. The molecule has 4 nitrogen and oxygen atoms in total. The van der Waals surface area contributed by atoms with Crippen molar-refractivity contribution in [3.8, 4) is 11.1 Å². The average molecular weight is 420 g/mol. The lowest BCUT2D eigenvalue weighted by Gasteiger charge is -2.14. The minimum absolute atomic E-state index is 0.223. The molecule has 1 unspecified atom stereocenters. The molecule has 0 radical (unpaired) electrons. The minimum atomic E-state index is -0.702. The van der Waals surface area contributed by atoms with Gasteiger partial charge in [0.2, 0.25) is 0 Å². The van der Waals surface area contributed by atoms with Crippen LogP contribution >= 0.6 is 0 Å². The van der Waals surface area contributed by atoms with Gasteiger partial charge in [-0.25, -0.2) is 0 Å². The Labute approximate surface area is 185 Å². The van der Waals surface area contributed by atoms with E-state index >= 15 is 0 Å². The summed E-state index contributed by atoms with van der Waals surface area (Å²) < 4.78 is 0. The van der Waals surface area contributed by atoms with Crippen LogP contribution in [0.1, 0.15) is 56.6 Å². The van der Waals surface area contributed by atoms with Gasteiger partial charge in [0.25, 0.3) is 0 Å². The number of fused-ring (bicyclic) bond motifs is 1. The van der Waals surface area contributed by atoms with Crippen molar-refractivity contribution in [3.05, 3.63) is 65.9 Å². The Morgan fingerprint density at radius 2 is 1.90 bits per heavy atom. The number of para-hydroxylation sites is 1. The summed E-state index contributed by atoms with van der Waals surface area (Å²) in [6, 6.07) is 16.3. The van der Waals surface area contributed by atoms with Crippen LogP contribution in [0.4, 0.5) is 0 Å². The molecule has 0 aliphatic heterocycles. The molecule has 0 saturated heterocycles. The Hall–Kier alpha value is -2.56. The van der Waals surface area contributed by atoms with Crippen molar-refractivity contribution in [2.45, 2.75) is 64.4 Å². The topological polar surface area (TPSA) is 70.4 Å². The van der Waals surface area contributed by atoms with Gasteiger partial charge >= 0.3 is 0 Å². The molecule has 0 spiro atoms. The number of aliphatic hydroxyl groups excluding tert-OH is 2. The summed E-state index contributed by atoms with van der Waals surface area (Å²) in [7, 11) is 0. The molecule has 0 bridgehead atoms. The molecular formula is C27H33NO3. The van der Waals surface area contributed by atoms with Gasteiger partial charge in [-0.15, -0.1) is 0 Å². The predicted octanol–water partition coefficient (Wildman–Crippen LogP) is 5.27. The summed E-state index contributed by atoms with van der Waals surface area (Å²) in [5.41, 5.74) is 5.10. The number of hydrogen-bond acceptors (Lipinski definition) is 4. The molecule has 2 N–H and O–H groups in total. The van der Waals surface area contributed by atoms with Crippen molar-refractivity contribution in [2.24, 2.45) is 0 Å². The van der Waals surface area contributed by atoms with Gasteiger partial charge in [0.1, 0.15) is 5.78 Å². The number of aliphatic hydroxyl groups is 2. The predicted molar refractivity (Wildman–Crippen MR) is 126 cm³/mol. The highest BCUT2D eigenvalue weighted by Gasteiger charge is 2.15. The highest BCUT2D eigenvalue weighted by Crippen LogP contribution is 2.32. The number of carbonyl (C=O) groups excluding carboxylic acids is 1. The lowest BCUT2D eigenvalue weighted by atomic mass is 9.91. The first-order valence-electron chi connectivity index (χ1n) is 11.4. The van der Waals surface area contributed by atoms with Crippen LogP contribution < -0.4 is 0 Å². The van der Waals surface area contributed by atoms with Crippen molar-refractivity contribution >= 4 is 16.7 Å². The molecule has 0 aliphatic carbocycles. The summed E-state index contributed by atoms with van der Waals surface area (Å²) in [6.45, 7) is 1.95. The summed E-state index contributed by atoms with van der Waals surface area (Å²) >= 11 is 0. The summed E-state index contributed by atoms with van der Waals surface area (Å²) in [6.07, 6.45) is 7.75. The van der Waals surface area contributed by atoms with Gasteiger partial charge in [0.15, 0.2) is 0 Å². The molecular weight excluding hydrogens is 386 g/mol. The first-order chi connectivity index (χ1) is 15.1. The molecule has 0 aliphatic rings. The Morgan fingerprint density at radius 3 is 2.71 bits per heavy atom. The van der Waals surface area contributed by atoms with E-state index < -0.39 is 6.10 Å². The number of aryl methyl sites for hydroxylation is 1. The number of nitrogens with zero attached hydrogens (tertiary/aromatic N) is 1. The van der Waals surface area contributed by atoms with Crippen molar-refractivity contribution in [1.82, 2.24) is 4.98 Å². The average Bonchev–Trinajstić information content (AvgIpc) is 2.80. The van der Waals surface area contributed by atoms with Gasteiger partial charge in [-0.1, -0.05) is 68.7 Å². The van der Waals surface area contributed by atoms with Crippen molar-refractivity contribution < 1.29 is 15.0 Å². The van der Waals surface area contributed by atoms with E-state index in [1.165, 1.54) is 12.8 Å². The summed E-state index contributed by atoms with van der Waals surface area (Å²) in [4.78, 5) is 17.3. The zero-order valence-electron chi connectivity index (χ0n) is 18.4. The van der Waals surface area contributed by atoms with E-state index in [0.29, 0.717) is 25.7 Å². The second-order valence-electron chi connectivity index (χ2n) is 8.28. The fourth-order valence-corrected chi connectivity index (χ4v) is 4.01. The van der Waals surface area contributed by atoms with Crippen LogP contribution in [0.2, 0.25) is 0 Å². The lowest BCUT2D eigenvalue weighted by molar-refractivity contribution is -0.118. The molecule has 31 heavy (non-hydrogen) atoms. The molecule has 164 valence electrons. The van der Waals surface area contributed by atoms with Crippen LogP contribution in [0.5, 0.6) is 0 Å². The van der Waals surface area contributed by atoms with E-state index in [1.54, 1.807) is 0 Å². The molecule has 4 heteroatoms. The van der Waals surface area contributed by atoms with E-state index in [1.807, 2.05) is 36.5 Å². The Kier molecular flexibility index (Phi) is 8.74. The standard InChI is InChI=1S/C27H33NO3/c1-2-3-4-5-11-23(30)17-22-18-28-26-13-7-6-12-25(26)27(22)21-10-8-9-20(16-21)14-15-24(31)19-29/h6-10,12-13,16,18,24,29,31H,2-5,11,14-15,17,19H2,1H3. The molecule has 1 atom stereocenters. The lowest BCUT2D eigenvalue weighted by Crippen LogP contribution is -2.12. The third-order valence-electron chi connectivity index (χ3n) is 5.74. The maximum atomic E-state index is 12.7. The highest BCUT2D eigenvalue weighted by atomic mass is 16.3. The number of carbonyl (C=O) groups is 1. The Bertz CT molecular complexity index is 999. The fourth-order valence-electron chi connectivity index (χ4n) is 4.01. The number of Topliss-reactive ketones (excluding diaryl/α,β-unsaturated/α-hetero) is 1. The molecule has 3 aromatic rings. The zero-order chi connectivity index (χ0) is 22.1. The zero-order valence-corrected chi connectivity index (χ0v) is 18.4. The van der Waals surface area contributed by atoms with Gasteiger partial charge in [0, 0.05) is 24.4 Å². The number of unbranched alkanes of at least 4 members (excludes halogenated alkanes) is 3. The van der Waals surface area contributed by atoms with E-state index in [4.69, 9.17) is 5.11 Å². The molecule has 1 aromatic heterocycles. The van der Waals surface area contributed by atoms with E-state index in [-0.39, 0.29) is 12.4 Å². The van der Waals surface area contributed by atoms with Crippen molar-refractivity contribution in [1.29, 1.82) is 0 Å². The molecule has 0 fully saturated rings. The van der Waals surface area contributed by atoms with Gasteiger partial charge in [-0.2, -0.15) is 0 Å². The van der Waals surface area contributed by atoms with Gasteiger partial charge in [0.05, 0.1) is 18.2 Å². The van der Waals surface area contributed by atoms with E-state index in [9.17, 15) is 9.90 Å². The Morgan fingerprint density at radius 1 is 1.06 bits per heavy atom. The number of rotatable bonds is 12. The van der Waals surface area contributed by atoms with Crippen LogP contribution in [0, 0.1) is 0 Å². The maximum absolute atomic E-state index is 12.7. The van der Waals surface area contributed by atoms with Crippen LogP contribution in [0.15, 0.2) is 54.7 Å². The Balaban J connectivity index is 1.91. The fraction of sp³-hybridized carbons (Fsp3) is 0.407. The van der Waals surface area contributed by atoms with E-state index in [2.05, 4.69) is 30.1 Å². The number of ketones is 1. The van der Waals surface area contributed by atoms with Gasteiger partial charge in [-0.3, -0.25) is 9.78 Å². The second-order valence-corrected chi connectivity index (χ2v) is 8.28. The van der Waals surface area contributed by atoms with Gasteiger partial charge < -0.3 is 10.2 Å². The van der Waals surface area contributed by atoms with Crippen LogP contribution in [-0.4, -0.2) is 33.7 Å². The SMILES string of the molecule is CCCCCCC(=O)Cc1cnc2ccccc2c1-c1cccc(CCC(O)CO)c1. The third kappa shape index (κ3) is 6.46. The number of pyridine rings is 1. The van der Waals surface area contributed by atoms with Crippen LogP contribution in [0.25, 0.3) is 22.0 Å². The highest BCUT2D eigenvalue weighted by molar-refractivity contribution is 5.97. The molecule has 0 amide bonds. The van der Waals surface area contributed by atoms with Gasteiger partial charge in [-0.05, 0) is 47.6 Å². The molecule has 1 heterocycles. The summed E-state index contributed by atoms with van der Waals surface area (Å²) in [5.74, 6) is 0.261. The monoisotopic (exact) mass is 419 g/mol. The summed E-state index contributed by atoms with van der Waals surface area (Å²) in [5, 5.41) is 19.8. The smallest absolute Gasteiger partial charge is 0.137 e. The number of aromatic nitrogens is 1. The normalized spacial score (nSPS) is 12.2. The minimum Gasteiger partial charge on any atom is -0.394 e. The van der Waals surface area contributed by atoms with E-state index in [0.717, 1.165) is 46.0 Å². The first-order valence-corrected chi connectivity index (χ1v) is 11.4.